The smallest absolute Gasteiger partial charge is 0.251 e. The fourth-order valence-electron chi connectivity index (χ4n) is 2.42. The van der Waals surface area contributed by atoms with Crippen molar-refractivity contribution in [2.45, 2.75) is 20.0 Å². The molecule has 2 aromatic rings. The van der Waals surface area contributed by atoms with Gasteiger partial charge >= 0.3 is 0 Å². The molecule has 4 nitrogen and oxygen atoms in total. The van der Waals surface area contributed by atoms with Crippen LogP contribution in [0.4, 0.5) is 5.69 Å². The van der Waals surface area contributed by atoms with E-state index in [1.807, 2.05) is 43.3 Å². The first-order valence-corrected chi connectivity index (χ1v) is 8.02. The molecule has 3 N–H and O–H groups in total. The summed E-state index contributed by atoms with van der Waals surface area (Å²) in [7, 11) is 0. The fraction of sp³-hybridized carbons (Fsp3) is 0.176. The summed E-state index contributed by atoms with van der Waals surface area (Å²) in [5.74, 6) is -0.00653. The Morgan fingerprint density at radius 3 is 2.91 bits per heavy atom. The van der Waals surface area contributed by atoms with Crippen molar-refractivity contribution in [2.75, 3.05) is 5.32 Å². The van der Waals surface area contributed by atoms with Crippen LogP contribution in [0.2, 0.25) is 5.02 Å². The van der Waals surface area contributed by atoms with E-state index in [9.17, 15) is 4.79 Å². The Balaban J connectivity index is 1.59. The van der Waals surface area contributed by atoms with Gasteiger partial charge in [0.05, 0.1) is 0 Å². The Morgan fingerprint density at radius 2 is 2.13 bits per heavy atom. The molecule has 1 heterocycles. The van der Waals surface area contributed by atoms with Gasteiger partial charge in [0.2, 0.25) is 0 Å². The zero-order valence-electron chi connectivity index (χ0n) is 12.6. The number of fused-ring (bicyclic) bond motifs is 1. The molecule has 0 atom stereocenters. The average Bonchev–Trinajstić information content (AvgIpc) is 2.90. The highest BCUT2D eigenvalue weighted by Gasteiger charge is 2.18. The molecule has 1 aliphatic rings. The van der Waals surface area contributed by atoms with Crippen LogP contribution in [-0.4, -0.2) is 11.0 Å². The van der Waals surface area contributed by atoms with Crippen molar-refractivity contribution < 1.29 is 4.79 Å². The largest absolute Gasteiger partial charge is 0.358 e. The molecular formula is C17H16ClN3OS. The van der Waals surface area contributed by atoms with E-state index in [-0.39, 0.29) is 5.91 Å². The number of halogens is 1. The molecule has 0 saturated heterocycles. The lowest BCUT2D eigenvalue weighted by molar-refractivity contribution is 0.0966. The second-order valence-electron chi connectivity index (χ2n) is 5.45. The molecule has 0 aliphatic carbocycles. The number of hydrogen-bond donors (Lipinski definition) is 3. The predicted octanol–water partition coefficient (Wildman–Crippen LogP) is 3.38. The molecule has 0 saturated carbocycles. The van der Waals surface area contributed by atoms with Gasteiger partial charge < -0.3 is 16.0 Å². The number of carbonyl (C=O) groups is 1. The predicted molar refractivity (Wildman–Crippen MR) is 96.9 cm³/mol. The van der Waals surface area contributed by atoms with Gasteiger partial charge in [-0.05, 0) is 54.0 Å². The lowest BCUT2D eigenvalue weighted by atomic mass is 10.1. The summed E-state index contributed by atoms with van der Waals surface area (Å²) in [6.45, 7) is 3.13. The van der Waals surface area contributed by atoms with Crippen LogP contribution in [0.5, 0.6) is 0 Å². The number of carbonyl (C=O) groups excluding carboxylic acids is 1. The van der Waals surface area contributed by atoms with Crippen molar-refractivity contribution in [1.29, 1.82) is 0 Å². The summed E-state index contributed by atoms with van der Waals surface area (Å²) >= 11 is 11.4. The highest BCUT2D eigenvalue weighted by Crippen LogP contribution is 2.20. The van der Waals surface area contributed by atoms with Gasteiger partial charge in [0.15, 0.2) is 5.11 Å². The van der Waals surface area contributed by atoms with E-state index in [1.165, 1.54) is 0 Å². The van der Waals surface area contributed by atoms with Gasteiger partial charge in [0.25, 0.3) is 5.91 Å². The first-order chi connectivity index (χ1) is 11.0. The maximum absolute atomic E-state index is 11.5. The third-order valence-electron chi connectivity index (χ3n) is 3.74. The number of hydrogen-bond acceptors (Lipinski definition) is 2. The number of amides is 1. The van der Waals surface area contributed by atoms with E-state index in [4.69, 9.17) is 23.8 Å². The lowest BCUT2D eigenvalue weighted by Crippen LogP contribution is -2.27. The van der Waals surface area contributed by atoms with Gasteiger partial charge in [-0.15, -0.1) is 0 Å². The van der Waals surface area contributed by atoms with E-state index < -0.39 is 0 Å². The molecular weight excluding hydrogens is 330 g/mol. The number of benzene rings is 2. The van der Waals surface area contributed by atoms with Gasteiger partial charge in [-0.2, -0.15) is 0 Å². The molecule has 3 rings (SSSR count). The molecule has 1 amide bonds. The second-order valence-corrected chi connectivity index (χ2v) is 6.26. The number of thiocarbonyl (C=S) groups is 1. The SMILES string of the molecule is Cc1ccc(NC(=S)NCc2ccc3c(c2)CNC3=O)cc1Cl. The van der Waals surface area contributed by atoms with Crippen LogP contribution < -0.4 is 16.0 Å². The molecule has 0 bridgehead atoms. The monoisotopic (exact) mass is 345 g/mol. The Morgan fingerprint density at radius 1 is 1.30 bits per heavy atom. The maximum Gasteiger partial charge on any atom is 0.251 e. The van der Waals surface area contributed by atoms with Crippen LogP contribution in [0.3, 0.4) is 0 Å². The standard InChI is InChI=1S/C17H16ClN3OS/c1-10-2-4-13(7-15(10)18)21-17(23)20-8-11-3-5-14-12(6-11)9-19-16(14)22/h2-7H,8-9H2,1H3,(H,19,22)(H2,20,21,23). The summed E-state index contributed by atoms with van der Waals surface area (Å²) in [5.41, 5.74) is 4.73. The Kier molecular flexibility index (Phi) is 4.50. The Labute approximate surface area is 145 Å². The van der Waals surface area contributed by atoms with Crippen molar-refractivity contribution in [3.05, 3.63) is 63.7 Å². The third kappa shape index (κ3) is 3.63. The lowest BCUT2D eigenvalue weighted by Gasteiger charge is -2.12. The van der Waals surface area contributed by atoms with Gasteiger partial charge in [-0.25, -0.2) is 0 Å². The van der Waals surface area contributed by atoms with Gasteiger partial charge in [-0.1, -0.05) is 29.8 Å². The minimum absolute atomic E-state index is 0.00653. The van der Waals surface area contributed by atoms with E-state index in [0.29, 0.717) is 23.2 Å². The minimum Gasteiger partial charge on any atom is -0.358 e. The maximum atomic E-state index is 11.5. The van der Waals surface area contributed by atoms with Crippen LogP contribution in [-0.2, 0) is 13.1 Å². The summed E-state index contributed by atoms with van der Waals surface area (Å²) in [6.07, 6.45) is 0. The zero-order valence-corrected chi connectivity index (χ0v) is 14.1. The first kappa shape index (κ1) is 15.8. The topological polar surface area (TPSA) is 53.2 Å². The highest BCUT2D eigenvalue weighted by molar-refractivity contribution is 7.80. The summed E-state index contributed by atoms with van der Waals surface area (Å²) in [4.78, 5) is 11.5. The van der Waals surface area contributed by atoms with Crippen molar-refractivity contribution in [3.8, 4) is 0 Å². The van der Waals surface area contributed by atoms with E-state index >= 15 is 0 Å². The number of nitrogens with one attached hydrogen (secondary N) is 3. The van der Waals surface area contributed by atoms with Crippen molar-refractivity contribution in [1.82, 2.24) is 10.6 Å². The molecule has 0 radical (unpaired) electrons. The summed E-state index contributed by atoms with van der Waals surface area (Å²) in [5, 5.41) is 10.3. The second kappa shape index (κ2) is 6.56. The molecule has 0 aromatic heterocycles. The van der Waals surface area contributed by atoms with Gasteiger partial charge in [0.1, 0.15) is 0 Å². The quantitative estimate of drug-likeness (QED) is 0.746. The minimum atomic E-state index is -0.00653. The van der Waals surface area contributed by atoms with Gasteiger partial charge in [-0.3, -0.25) is 4.79 Å². The van der Waals surface area contributed by atoms with Crippen LogP contribution in [0.15, 0.2) is 36.4 Å². The molecule has 23 heavy (non-hydrogen) atoms. The van der Waals surface area contributed by atoms with Crippen molar-refractivity contribution in [2.24, 2.45) is 0 Å². The van der Waals surface area contributed by atoms with E-state index in [0.717, 1.165) is 27.9 Å². The van der Waals surface area contributed by atoms with Crippen LogP contribution in [0.25, 0.3) is 0 Å². The number of anilines is 1. The summed E-state index contributed by atoms with van der Waals surface area (Å²) < 4.78 is 0. The third-order valence-corrected chi connectivity index (χ3v) is 4.39. The van der Waals surface area contributed by atoms with Crippen molar-refractivity contribution >= 4 is 40.5 Å². The van der Waals surface area contributed by atoms with Crippen LogP contribution >= 0.6 is 23.8 Å². The zero-order chi connectivity index (χ0) is 16.4. The molecule has 2 aromatic carbocycles. The Bertz CT molecular complexity index is 791. The van der Waals surface area contributed by atoms with Crippen LogP contribution in [0.1, 0.15) is 27.0 Å². The van der Waals surface area contributed by atoms with Crippen molar-refractivity contribution in [3.63, 3.8) is 0 Å². The molecule has 0 spiro atoms. The molecule has 118 valence electrons. The van der Waals surface area contributed by atoms with Crippen LogP contribution in [0, 0.1) is 6.92 Å². The van der Waals surface area contributed by atoms with E-state index in [2.05, 4.69) is 16.0 Å². The van der Waals surface area contributed by atoms with Gasteiger partial charge in [0, 0.05) is 29.4 Å². The molecule has 6 heteroatoms. The highest BCUT2D eigenvalue weighted by atomic mass is 35.5. The Hall–Kier alpha value is -2.11. The van der Waals surface area contributed by atoms with E-state index in [1.54, 1.807) is 0 Å². The summed E-state index contributed by atoms with van der Waals surface area (Å²) in [6, 6.07) is 11.5. The first-order valence-electron chi connectivity index (χ1n) is 7.24. The molecule has 0 fully saturated rings. The molecule has 1 aliphatic heterocycles. The normalized spacial score (nSPS) is 12.5. The average molecular weight is 346 g/mol. The fourth-order valence-corrected chi connectivity index (χ4v) is 2.79. The molecule has 0 unspecified atom stereocenters. The number of aryl methyl sites for hydroxylation is 1. The number of rotatable bonds is 3.